The molecule has 7 atom stereocenters. The summed E-state index contributed by atoms with van der Waals surface area (Å²) in [7, 11) is 0. The fourth-order valence-corrected chi connectivity index (χ4v) is 6.27. The Morgan fingerprint density at radius 3 is 1.58 bits per heavy atom. The van der Waals surface area contributed by atoms with Crippen LogP contribution in [0.15, 0.2) is 0 Å². The first-order valence-electron chi connectivity index (χ1n) is 18.1. The van der Waals surface area contributed by atoms with Gasteiger partial charge in [-0.1, -0.05) is 136 Å². The maximum absolute atomic E-state index is 12.8. The molecule has 1 saturated heterocycles. The van der Waals surface area contributed by atoms with Crippen molar-refractivity contribution >= 4 is 5.91 Å². The Hall–Kier alpha value is -0.770. The Balaban J connectivity index is 2.43. The summed E-state index contributed by atoms with van der Waals surface area (Å²) in [5.74, 6) is 0.0216. The van der Waals surface area contributed by atoms with Gasteiger partial charge in [-0.2, -0.15) is 0 Å². The number of ether oxygens (including phenoxy) is 1. The van der Waals surface area contributed by atoms with E-state index >= 15 is 0 Å². The lowest BCUT2D eigenvalue weighted by molar-refractivity contribution is -0.234. The standard InChI is InChI=1S/C35H69NO7/c1-3-5-7-9-11-12-13-14-15-16-18-19-21-23-28(36-32(39)24-22-20-17-10-8-6-4-2)25-29(38)26-30-33(40)35(42)34(41)31(27-37)43-30/h28-31,33-35,37-38,40-42H,3-27H2,1-2H3,(H,36,39)/t28?,29?,30?,31-,33+,34-,35-/m1/s1. The Labute approximate surface area is 263 Å². The number of carbonyl (C=O) groups is 1. The van der Waals surface area contributed by atoms with Crippen LogP contribution in [0.2, 0.25) is 0 Å². The van der Waals surface area contributed by atoms with E-state index in [1.165, 1.54) is 96.3 Å². The summed E-state index contributed by atoms with van der Waals surface area (Å²) in [5.41, 5.74) is 0. The summed E-state index contributed by atoms with van der Waals surface area (Å²) in [5, 5.41) is 54.0. The van der Waals surface area contributed by atoms with Gasteiger partial charge in [0.1, 0.15) is 24.4 Å². The minimum Gasteiger partial charge on any atom is -0.394 e. The zero-order valence-electron chi connectivity index (χ0n) is 27.8. The summed E-state index contributed by atoms with van der Waals surface area (Å²) in [6.07, 6.45) is 19.3. The molecule has 0 spiro atoms. The predicted octanol–water partition coefficient (Wildman–Crippen LogP) is 6.08. The van der Waals surface area contributed by atoms with Gasteiger partial charge in [-0.15, -0.1) is 0 Å². The summed E-state index contributed by atoms with van der Waals surface area (Å²) < 4.78 is 5.59. The number of carbonyl (C=O) groups excluding carboxylic acids is 1. The number of aliphatic hydroxyl groups excluding tert-OH is 5. The van der Waals surface area contributed by atoms with E-state index in [1.54, 1.807) is 0 Å². The molecule has 0 saturated carbocycles. The molecule has 1 rings (SSSR count). The number of hydrogen-bond donors (Lipinski definition) is 6. The smallest absolute Gasteiger partial charge is 0.220 e. The fourth-order valence-electron chi connectivity index (χ4n) is 6.27. The second-order valence-corrected chi connectivity index (χ2v) is 13.2. The number of hydrogen-bond acceptors (Lipinski definition) is 7. The highest BCUT2D eigenvalue weighted by Crippen LogP contribution is 2.25. The third-order valence-corrected chi connectivity index (χ3v) is 9.08. The molecule has 0 aromatic rings. The van der Waals surface area contributed by atoms with Crippen LogP contribution in [0.1, 0.15) is 168 Å². The second kappa shape index (κ2) is 26.4. The molecule has 8 heteroatoms. The molecule has 0 aromatic carbocycles. The molecule has 43 heavy (non-hydrogen) atoms. The molecule has 0 aromatic heterocycles. The minimum atomic E-state index is -1.45. The SMILES string of the molecule is CCCCCCCCCCCCCCCC(CC(O)CC1O[C@H](CO)[C@@H](O)[C@H](O)[C@H]1O)NC(=O)CCCCCCCCC. The highest BCUT2D eigenvalue weighted by molar-refractivity contribution is 5.76. The Morgan fingerprint density at radius 2 is 1.09 bits per heavy atom. The van der Waals surface area contributed by atoms with Crippen LogP contribution in [0.25, 0.3) is 0 Å². The Bertz CT molecular complexity index is 650. The van der Waals surface area contributed by atoms with Crippen molar-refractivity contribution in [2.45, 2.75) is 211 Å². The largest absolute Gasteiger partial charge is 0.394 e. The number of nitrogens with one attached hydrogen (secondary N) is 1. The topological polar surface area (TPSA) is 139 Å². The quantitative estimate of drug-likeness (QED) is 0.0587. The van der Waals surface area contributed by atoms with E-state index in [0.29, 0.717) is 12.8 Å². The van der Waals surface area contributed by atoms with Gasteiger partial charge in [0.25, 0.3) is 0 Å². The highest BCUT2D eigenvalue weighted by atomic mass is 16.5. The van der Waals surface area contributed by atoms with Crippen molar-refractivity contribution in [1.82, 2.24) is 5.32 Å². The molecule has 0 bridgehead atoms. The Kier molecular flexibility index (Phi) is 24.8. The van der Waals surface area contributed by atoms with Gasteiger partial charge in [0, 0.05) is 18.9 Å². The fraction of sp³-hybridized carbons (Fsp3) is 0.971. The van der Waals surface area contributed by atoms with Gasteiger partial charge in [0.15, 0.2) is 0 Å². The van der Waals surface area contributed by atoms with E-state index in [1.807, 2.05) is 0 Å². The highest BCUT2D eigenvalue weighted by Gasteiger charge is 2.43. The van der Waals surface area contributed by atoms with Crippen molar-refractivity contribution in [2.24, 2.45) is 0 Å². The molecule has 0 radical (unpaired) electrons. The van der Waals surface area contributed by atoms with Gasteiger partial charge in [-0.05, 0) is 19.3 Å². The van der Waals surface area contributed by atoms with E-state index in [0.717, 1.165) is 38.5 Å². The molecule has 1 amide bonds. The van der Waals surface area contributed by atoms with Gasteiger partial charge < -0.3 is 35.6 Å². The first-order valence-corrected chi connectivity index (χ1v) is 18.1. The Morgan fingerprint density at radius 1 is 0.651 bits per heavy atom. The molecule has 8 nitrogen and oxygen atoms in total. The van der Waals surface area contributed by atoms with E-state index in [-0.39, 0.29) is 18.4 Å². The number of amides is 1. The molecular formula is C35H69NO7. The van der Waals surface area contributed by atoms with Crippen LogP contribution in [0.5, 0.6) is 0 Å². The number of rotatable bonds is 28. The molecule has 256 valence electrons. The van der Waals surface area contributed by atoms with Gasteiger partial charge >= 0.3 is 0 Å². The van der Waals surface area contributed by atoms with E-state index in [2.05, 4.69) is 19.2 Å². The van der Waals surface area contributed by atoms with Gasteiger partial charge in [-0.3, -0.25) is 4.79 Å². The molecule has 1 fully saturated rings. The van der Waals surface area contributed by atoms with Crippen LogP contribution < -0.4 is 5.32 Å². The molecule has 1 aliphatic heterocycles. The van der Waals surface area contributed by atoms with Crippen molar-refractivity contribution in [3.8, 4) is 0 Å². The van der Waals surface area contributed by atoms with Crippen molar-refractivity contribution < 1.29 is 35.1 Å². The summed E-state index contributed by atoms with van der Waals surface area (Å²) in [4.78, 5) is 12.8. The second-order valence-electron chi connectivity index (χ2n) is 13.2. The summed E-state index contributed by atoms with van der Waals surface area (Å²) in [6, 6.07) is -0.176. The van der Waals surface area contributed by atoms with Gasteiger partial charge in [0.2, 0.25) is 5.91 Å². The first kappa shape index (κ1) is 40.3. The van der Waals surface area contributed by atoms with E-state index in [9.17, 15) is 30.3 Å². The minimum absolute atomic E-state index is 0.0216. The molecular weight excluding hydrogens is 546 g/mol. The lowest BCUT2D eigenvalue weighted by Crippen LogP contribution is -2.59. The first-order chi connectivity index (χ1) is 20.8. The van der Waals surface area contributed by atoms with Crippen molar-refractivity contribution in [3.05, 3.63) is 0 Å². The molecule has 0 aliphatic carbocycles. The van der Waals surface area contributed by atoms with Gasteiger partial charge in [0.05, 0.1) is 18.8 Å². The van der Waals surface area contributed by atoms with Crippen molar-refractivity contribution in [3.63, 3.8) is 0 Å². The summed E-state index contributed by atoms with van der Waals surface area (Å²) >= 11 is 0. The van der Waals surface area contributed by atoms with Crippen LogP contribution in [0, 0.1) is 0 Å². The maximum Gasteiger partial charge on any atom is 0.220 e. The van der Waals surface area contributed by atoms with Gasteiger partial charge in [-0.25, -0.2) is 0 Å². The number of unbranched alkanes of at least 4 members (excludes halogenated alkanes) is 18. The predicted molar refractivity (Wildman–Crippen MR) is 174 cm³/mol. The van der Waals surface area contributed by atoms with Crippen LogP contribution in [0.3, 0.4) is 0 Å². The lowest BCUT2D eigenvalue weighted by Gasteiger charge is -2.40. The molecule has 1 aliphatic rings. The normalized spacial score (nSPS) is 23.7. The van der Waals surface area contributed by atoms with Crippen LogP contribution in [-0.2, 0) is 9.53 Å². The van der Waals surface area contributed by atoms with Crippen molar-refractivity contribution in [1.29, 1.82) is 0 Å². The zero-order chi connectivity index (χ0) is 31.7. The van der Waals surface area contributed by atoms with E-state index in [4.69, 9.17) is 4.74 Å². The number of aliphatic hydroxyl groups is 5. The average Bonchev–Trinajstić information content (AvgIpc) is 2.99. The van der Waals surface area contributed by atoms with Crippen LogP contribution in [0.4, 0.5) is 0 Å². The maximum atomic E-state index is 12.8. The third-order valence-electron chi connectivity index (χ3n) is 9.08. The molecule has 3 unspecified atom stereocenters. The van der Waals surface area contributed by atoms with Crippen LogP contribution in [-0.4, -0.2) is 80.7 Å². The van der Waals surface area contributed by atoms with Crippen molar-refractivity contribution in [2.75, 3.05) is 6.61 Å². The third kappa shape index (κ3) is 19.4. The lowest BCUT2D eigenvalue weighted by atomic mass is 9.90. The zero-order valence-corrected chi connectivity index (χ0v) is 27.8. The van der Waals surface area contributed by atoms with E-state index < -0.39 is 43.2 Å². The summed E-state index contributed by atoms with van der Waals surface area (Å²) in [6.45, 7) is 3.97. The van der Waals surface area contributed by atoms with Crippen LogP contribution >= 0.6 is 0 Å². The average molecular weight is 616 g/mol. The molecule has 6 N–H and O–H groups in total. The monoisotopic (exact) mass is 616 g/mol. The molecule has 1 heterocycles.